The second kappa shape index (κ2) is 5.40. The van der Waals surface area contributed by atoms with Crippen molar-refractivity contribution >= 4 is 16.9 Å². The van der Waals surface area contributed by atoms with Crippen LogP contribution in [-0.2, 0) is 18.3 Å². The summed E-state index contributed by atoms with van der Waals surface area (Å²) in [5.74, 6) is -0.464. The van der Waals surface area contributed by atoms with Crippen LogP contribution in [0.5, 0.6) is 0 Å². The predicted molar refractivity (Wildman–Crippen MR) is 77.4 cm³/mol. The highest BCUT2D eigenvalue weighted by atomic mass is 16.5. The van der Waals surface area contributed by atoms with Gasteiger partial charge in [-0.15, -0.1) is 5.10 Å². The fourth-order valence-corrected chi connectivity index (χ4v) is 2.14. The number of aryl methyl sites for hydroxylation is 1. The Hall–Kier alpha value is -3.03. The Balaban J connectivity index is 2.05. The molecule has 0 fully saturated rings. The SMILES string of the molecule is COC(=O)c1ccc2c(=O)n(Cc3cnnn3C)cnc2c1. The number of nitrogens with zero attached hydrogens (tertiary/aromatic N) is 5. The third-order valence-corrected chi connectivity index (χ3v) is 3.39. The number of rotatable bonds is 3. The minimum atomic E-state index is -0.464. The maximum absolute atomic E-state index is 12.5. The number of aromatic nitrogens is 5. The number of hydrogen-bond acceptors (Lipinski definition) is 6. The van der Waals surface area contributed by atoms with Gasteiger partial charge in [-0.2, -0.15) is 0 Å². The molecule has 0 unspecified atom stereocenters. The zero-order valence-corrected chi connectivity index (χ0v) is 12.1. The van der Waals surface area contributed by atoms with Crippen molar-refractivity contribution in [2.45, 2.75) is 6.54 Å². The number of methoxy groups -OCH3 is 1. The molecule has 0 bridgehead atoms. The van der Waals surface area contributed by atoms with Gasteiger partial charge in [0.1, 0.15) is 0 Å². The van der Waals surface area contributed by atoms with Crippen LogP contribution < -0.4 is 5.56 Å². The van der Waals surface area contributed by atoms with Crippen LogP contribution >= 0.6 is 0 Å². The van der Waals surface area contributed by atoms with Gasteiger partial charge < -0.3 is 4.74 Å². The lowest BCUT2D eigenvalue weighted by atomic mass is 10.1. The molecule has 2 heterocycles. The molecule has 0 N–H and O–H groups in total. The van der Waals surface area contributed by atoms with Gasteiger partial charge in [0.2, 0.25) is 0 Å². The molecule has 0 spiro atoms. The number of carbonyl (C=O) groups is 1. The molecule has 0 aliphatic heterocycles. The number of ether oxygens (including phenoxy) is 1. The summed E-state index contributed by atoms with van der Waals surface area (Å²) in [6.07, 6.45) is 3.04. The molecule has 8 heteroatoms. The van der Waals surface area contributed by atoms with Crippen LogP contribution in [0.3, 0.4) is 0 Å². The van der Waals surface area contributed by atoms with Crippen molar-refractivity contribution in [1.29, 1.82) is 0 Å². The zero-order valence-electron chi connectivity index (χ0n) is 12.1. The lowest BCUT2D eigenvalue weighted by Crippen LogP contribution is -2.22. The van der Waals surface area contributed by atoms with Gasteiger partial charge in [0.15, 0.2) is 0 Å². The highest BCUT2D eigenvalue weighted by Gasteiger charge is 2.10. The molecule has 2 aromatic heterocycles. The van der Waals surface area contributed by atoms with Crippen LogP contribution in [0.4, 0.5) is 0 Å². The molecule has 3 rings (SSSR count). The second-order valence-corrected chi connectivity index (χ2v) is 4.75. The Labute approximate surface area is 125 Å². The minimum Gasteiger partial charge on any atom is -0.465 e. The standard InChI is InChI=1S/C14H13N5O3/c1-18-10(6-16-17-18)7-19-8-15-12-5-9(14(21)22-2)3-4-11(12)13(19)20/h3-6,8H,7H2,1-2H3. The highest BCUT2D eigenvalue weighted by Crippen LogP contribution is 2.11. The van der Waals surface area contributed by atoms with E-state index >= 15 is 0 Å². The summed E-state index contributed by atoms with van der Waals surface area (Å²) in [6.45, 7) is 0.323. The van der Waals surface area contributed by atoms with Gasteiger partial charge in [-0.3, -0.25) is 14.0 Å². The van der Waals surface area contributed by atoms with E-state index in [1.807, 2.05) is 0 Å². The van der Waals surface area contributed by atoms with Crippen molar-refractivity contribution in [2.24, 2.45) is 7.05 Å². The minimum absolute atomic E-state index is 0.192. The summed E-state index contributed by atoms with van der Waals surface area (Å²) in [5.41, 5.74) is 1.40. The predicted octanol–water partition coefficient (Wildman–Crippen LogP) is 0.360. The number of hydrogen-bond donors (Lipinski definition) is 0. The molecule has 8 nitrogen and oxygen atoms in total. The average molecular weight is 299 g/mol. The Morgan fingerprint density at radius 1 is 1.36 bits per heavy atom. The van der Waals surface area contributed by atoms with E-state index in [1.165, 1.54) is 18.0 Å². The molecule has 0 aliphatic carbocycles. The first-order chi connectivity index (χ1) is 10.6. The van der Waals surface area contributed by atoms with E-state index in [-0.39, 0.29) is 5.56 Å². The van der Waals surface area contributed by atoms with Crippen LogP contribution in [0.15, 0.2) is 35.5 Å². The summed E-state index contributed by atoms with van der Waals surface area (Å²) in [7, 11) is 3.06. The number of fused-ring (bicyclic) bond motifs is 1. The van der Waals surface area contributed by atoms with Crippen LogP contribution in [-0.4, -0.2) is 37.6 Å². The van der Waals surface area contributed by atoms with Crippen molar-refractivity contribution in [1.82, 2.24) is 24.5 Å². The fraction of sp³-hybridized carbons (Fsp3) is 0.214. The maximum Gasteiger partial charge on any atom is 0.337 e. The van der Waals surface area contributed by atoms with Crippen molar-refractivity contribution in [3.63, 3.8) is 0 Å². The molecular weight excluding hydrogens is 286 g/mol. The van der Waals surface area contributed by atoms with Gasteiger partial charge in [-0.1, -0.05) is 5.21 Å². The quantitative estimate of drug-likeness (QED) is 0.648. The molecule has 112 valence electrons. The largest absolute Gasteiger partial charge is 0.465 e. The normalized spacial score (nSPS) is 10.8. The van der Waals surface area contributed by atoms with Gasteiger partial charge in [0.05, 0.1) is 48.3 Å². The number of carbonyl (C=O) groups excluding carboxylic acids is 1. The molecular formula is C14H13N5O3. The Morgan fingerprint density at radius 3 is 2.86 bits per heavy atom. The summed E-state index contributed by atoms with van der Waals surface area (Å²) >= 11 is 0. The summed E-state index contributed by atoms with van der Waals surface area (Å²) in [6, 6.07) is 4.67. The van der Waals surface area contributed by atoms with Crippen LogP contribution in [0.25, 0.3) is 10.9 Å². The van der Waals surface area contributed by atoms with Crippen LogP contribution in [0, 0.1) is 0 Å². The zero-order chi connectivity index (χ0) is 15.7. The van der Waals surface area contributed by atoms with Gasteiger partial charge in [-0.25, -0.2) is 9.78 Å². The first-order valence-corrected chi connectivity index (χ1v) is 6.51. The summed E-state index contributed by atoms with van der Waals surface area (Å²) < 4.78 is 7.72. The highest BCUT2D eigenvalue weighted by molar-refractivity contribution is 5.93. The van der Waals surface area contributed by atoms with Crippen molar-refractivity contribution in [3.8, 4) is 0 Å². The van der Waals surface area contributed by atoms with E-state index in [4.69, 9.17) is 0 Å². The van der Waals surface area contributed by atoms with E-state index in [9.17, 15) is 9.59 Å². The van der Waals surface area contributed by atoms with Gasteiger partial charge >= 0.3 is 5.97 Å². The Bertz CT molecular complexity index is 912. The first kappa shape index (κ1) is 13.9. The third-order valence-electron chi connectivity index (χ3n) is 3.39. The average Bonchev–Trinajstić information content (AvgIpc) is 2.94. The molecule has 0 amide bonds. The molecule has 0 saturated carbocycles. The smallest absolute Gasteiger partial charge is 0.337 e. The van der Waals surface area contributed by atoms with E-state index in [1.54, 1.807) is 36.1 Å². The molecule has 0 aliphatic rings. The molecule has 3 aromatic rings. The van der Waals surface area contributed by atoms with E-state index in [0.717, 1.165) is 5.69 Å². The Kier molecular flexibility index (Phi) is 3.42. The molecule has 0 atom stereocenters. The molecule has 0 saturated heterocycles. The van der Waals surface area contributed by atoms with Crippen molar-refractivity contribution < 1.29 is 9.53 Å². The third kappa shape index (κ3) is 2.34. The number of esters is 1. The van der Waals surface area contributed by atoms with E-state index in [2.05, 4.69) is 20.0 Å². The monoisotopic (exact) mass is 299 g/mol. The van der Waals surface area contributed by atoms with Crippen molar-refractivity contribution in [3.05, 3.63) is 52.3 Å². The number of benzene rings is 1. The topological polar surface area (TPSA) is 91.9 Å². The van der Waals surface area contributed by atoms with Gasteiger partial charge in [0.25, 0.3) is 5.56 Å². The Morgan fingerprint density at radius 2 is 2.18 bits per heavy atom. The van der Waals surface area contributed by atoms with Crippen LogP contribution in [0.1, 0.15) is 16.1 Å². The van der Waals surface area contributed by atoms with Gasteiger partial charge in [-0.05, 0) is 18.2 Å². The maximum atomic E-state index is 12.5. The summed E-state index contributed by atoms with van der Waals surface area (Å²) in [5, 5.41) is 8.04. The molecule has 1 aromatic carbocycles. The lowest BCUT2D eigenvalue weighted by molar-refractivity contribution is 0.0601. The van der Waals surface area contributed by atoms with Crippen LogP contribution in [0.2, 0.25) is 0 Å². The summed E-state index contributed by atoms with van der Waals surface area (Å²) in [4.78, 5) is 28.2. The molecule has 22 heavy (non-hydrogen) atoms. The fourth-order valence-electron chi connectivity index (χ4n) is 2.14. The van der Waals surface area contributed by atoms with Crippen molar-refractivity contribution in [2.75, 3.05) is 7.11 Å². The van der Waals surface area contributed by atoms with Gasteiger partial charge in [0, 0.05) is 7.05 Å². The van der Waals surface area contributed by atoms with E-state index < -0.39 is 5.97 Å². The second-order valence-electron chi connectivity index (χ2n) is 4.75. The molecule has 0 radical (unpaired) electrons. The lowest BCUT2D eigenvalue weighted by Gasteiger charge is -2.07. The van der Waals surface area contributed by atoms with E-state index in [0.29, 0.717) is 23.0 Å². The first-order valence-electron chi connectivity index (χ1n) is 6.51.